The van der Waals surface area contributed by atoms with Crippen LogP contribution in [0.4, 0.5) is 0 Å². The smallest absolute Gasteiger partial charge is 0.166 e. The van der Waals surface area contributed by atoms with E-state index < -0.39 is 0 Å². The molecule has 23 heavy (non-hydrogen) atoms. The minimum absolute atomic E-state index is 0.555. The van der Waals surface area contributed by atoms with Gasteiger partial charge in [0.2, 0.25) is 0 Å². The van der Waals surface area contributed by atoms with E-state index >= 15 is 0 Å². The van der Waals surface area contributed by atoms with Crippen LogP contribution >= 0.6 is 11.6 Å². The summed E-state index contributed by atoms with van der Waals surface area (Å²) in [5, 5.41) is 0.653. The predicted molar refractivity (Wildman–Crippen MR) is 90.8 cm³/mol. The summed E-state index contributed by atoms with van der Waals surface area (Å²) in [4.78, 5) is 4.51. The summed E-state index contributed by atoms with van der Waals surface area (Å²) < 4.78 is 13.6. The maximum atomic E-state index is 6.23. The molecule has 0 amide bonds. The Morgan fingerprint density at radius 1 is 1.09 bits per heavy atom. The number of ether oxygens (including phenoxy) is 2. The van der Waals surface area contributed by atoms with Crippen LogP contribution in [0, 0.1) is 13.8 Å². The fourth-order valence-corrected chi connectivity index (χ4v) is 3.16. The van der Waals surface area contributed by atoms with Crippen molar-refractivity contribution in [1.82, 2.24) is 9.55 Å². The average Bonchev–Trinajstić information content (AvgIpc) is 2.90. The van der Waals surface area contributed by atoms with Gasteiger partial charge in [0, 0.05) is 16.7 Å². The first-order valence-corrected chi connectivity index (χ1v) is 8.00. The molecule has 0 radical (unpaired) electrons. The molecular formula is C18H17ClN2O2. The third-order valence-corrected chi connectivity index (χ3v) is 4.48. The van der Waals surface area contributed by atoms with Gasteiger partial charge in [0.15, 0.2) is 11.5 Å². The molecule has 0 saturated heterocycles. The zero-order valence-corrected chi connectivity index (χ0v) is 13.9. The number of aryl methyl sites for hydroxylation is 2. The highest BCUT2D eigenvalue weighted by Gasteiger charge is 2.18. The lowest BCUT2D eigenvalue weighted by Crippen LogP contribution is -2.17. The van der Waals surface area contributed by atoms with Crippen molar-refractivity contribution in [2.45, 2.75) is 20.4 Å². The summed E-state index contributed by atoms with van der Waals surface area (Å²) in [5.41, 5.74) is 5.62. The largest absolute Gasteiger partial charge is 0.486 e. The number of halogens is 1. The summed E-state index contributed by atoms with van der Waals surface area (Å²) in [6, 6.07) is 8.03. The molecule has 5 heteroatoms. The van der Waals surface area contributed by atoms with Gasteiger partial charge in [-0.3, -0.25) is 0 Å². The Hall–Kier alpha value is -2.20. The Kier molecular flexibility index (Phi) is 3.42. The molecule has 4 rings (SSSR count). The van der Waals surface area contributed by atoms with Crippen molar-refractivity contribution in [3.8, 4) is 11.5 Å². The Bertz CT molecular complexity index is 902. The van der Waals surface area contributed by atoms with E-state index in [4.69, 9.17) is 21.1 Å². The molecule has 0 N–H and O–H groups in total. The van der Waals surface area contributed by atoms with Crippen molar-refractivity contribution in [1.29, 1.82) is 0 Å². The first kappa shape index (κ1) is 14.4. The van der Waals surface area contributed by atoms with Gasteiger partial charge in [-0.2, -0.15) is 0 Å². The highest BCUT2D eigenvalue weighted by molar-refractivity contribution is 6.30. The SMILES string of the molecule is Cc1cc2ncn(Cc3cc(Cl)cc4c3OCCO4)c2cc1C. The van der Waals surface area contributed by atoms with Crippen LogP contribution in [0.2, 0.25) is 5.02 Å². The lowest BCUT2D eigenvalue weighted by atomic mass is 10.1. The van der Waals surface area contributed by atoms with Crippen LogP contribution in [0.5, 0.6) is 11.5 Å². The predicted octanol–water partition coefficient (Wildman–Crippen LogP) is 4.13. The number of benzene rings is 2. The third-order valence-electron chi connectivity index (χ3n) is 4.26. The topological polar surface area (TPSA) is 36.3 Å². The van der Waals surface area contributed by atoms with E-state index in [9.17, 15) is 0 Å². The molecule has 0 atom stereocenters. The lowest BCUT2D eigenvalue weighted by molar-refractivity contribution is 0.170. The van der Waals surface area contributed by atoms with Crippen molar-refractivity contribution >= 4 is 22.6 Å². The average molecular weight is 329 g/mol. The van der Waals surface area contributed by atoms with E-state index in [0.717, 1.165) is 28.1 Å². The molecule has 0 aliphatic carbocycles. The molecule has 4 nitrogen and oxygen atoms in total. The summed E-state index contributed by atoms with van der Waals surface area (Å²) in [7, 11) is 0. The van der Waals surface area contributed by atoms with Gasteiger partial charge in [0.05, 0.1) is 23.9 Å². The fourth-order valence-electron chi connectivity index (χ4n) is 2.93. The molecule has 2 heterocycles. The second-order valence-corrected chi connectivity index (χ2v) is 6.32. The van der Waals surface area contributed by atoms with E-state index in [0.29, 0.717) is 24.8 Å². The first-order valence-electron chi connectivity index (χ1n) is 7.62. The lowest BCUT2D eigenvalue weighted by Gasteiger charge is -2.21. The Morgan fingerprint density at radius 3 is 2.74 bits per heavy atom. The molecule has 2 aromatic carbocycles. The standard InChI is InChI=1S/C18H17ClN2O2/c1-11-5-15-16(6-12(11)2)21(10-20-15)9-13-7-14(19)8-17-18(13)23-4-3-22-17/h5-8,10H,3-4,9H2,1-2H3. The van der Waals surface area contributed by atoms with E-state index in [1.807, 2.05) is 12.4 Å². The van der Waals surface area contributed by atoms with Crippen LogP contribution in [-0.4, -0.2) is 22.8 Å². The molecule has 0 saturated carbocycles. The number of hydrogen-bond acceptors (Lipinski definition) is 3. The highest BCUT2D eigenvalue weighted by Crippen LogP contribution is 2.37. The van der Waals surface area contributed by atoms with Gasteiger partial charge in [0.1, 0.15) is 13.2 Å². The van der Waals surface area contributed by atoms with E-state index in [1.54, 1.807) is 6.07 Å². The molecule has 0 bridgehead atoms. The minimum Gasteiger partial charge on any atom is -0.486 e. The highest BCUT2D eigenvalue weighted by atomic mass is 35.5. The molecule has 118 valence electrons. The van der Waals surface area contributed by atoms with Gasteiger partial charge in [-0.1, -0.05) is 11.6 Å². The summed E-state index contributed by atoms with van der Waals surface area (Å²) >= 11 is 6.23. The number of aromatic nitrogens is 2. The van der Waals surface area contributed by atoms with Crippen molar-refractivity contribution < 1.29 is 9.47 Å². The minimum atomic E-state index is 0.555. The van der Waals surface area contributed by atoms with Crippen molar-refractivity contribution in [2.24, 2.45) is 0 Å². The monoisotopic (exact) mass is 328 g/mol. The molecule has 0 fully saturated rings. The molecule has 0 spiro atoms. The second-order valence-electron chi connectivity index (χ2n) is 5.89. The summed E-state index contributed by atoms with van der Waals surface area (Å²) in [6.45, 7) is 5.98. The number of nitrogens with zero attached hydrogens (tertiary/aromatic N) is 2. The van der Waals surface area contributed by atoms with Crippen LogP contribution in [0.1, 0.15) is 16.7 Å². The summed E-state index contributed by atoms with van der Waals surface area (Å²) in [6.07, 6.45) is 1.86. The van der Waals surface area contributed by atoms with Gasteiger partial charge in [-0.05, 0) is 43.2 Å². The Labute approximate surface area is 139 Å². The van der Waals surface area contributed by atoms with Crippen molar-refractivity contribution in [2.75, 3.05) is 13.2 Å². The molecule has 1 aliphatic heterocycles. The van der Waals surface area contributed by atoms with Crippen molar-refractivity contribution in [3.05, 3.63) is 52.3 Å². The van der Waals surface area contributed by atoms with Crippen molar-refractivity contribution in [3.63, 3.8) is 0 Å². The molecule has 1 aromatic heterocycles. The third kappa shape index (κ3) is 2.53. The van der Waals surface area contributed by atoms with Gasteiger partial charge in [-0.15, -0.1) is 0 Å². The van der Waals surface area contributed by atoms with Crippen LogP contribution < -0.4 is 9.47 Å². The number of rotatable bonds is 2. The van der Waals surface area contributed by atoms with Gasteiger partial charge < -0.3 is 14.0 Å². The molecule has 1 aliphatic rings. The van der Waals surface area contributed by atoms with Gasteiger partial charge in [0.25, 0.3) is 0 Å². The second kappa shape index (κ2) is 5.46. The Balaban J connectivity index is 1.79. The quantitative estimate of drug-likeness (QED) is 0.709. The van der Waals surface area contributed by atoms with Gasteiger partial charge >= 0.3 is 0 Å². The normalized spacial score (nSPS) is 13.5. The maximum absolute atomic E-state index is 6.23. The number of hydrogen-bond donors (Lipinski definition) is 0. The van der Waals surface area contributed by atoms with Crippen LogP contribution in [0.15, 0.2) is 30.6 Å². The molecule has 0 unspecified atom stereocenters. The number of imidazole rings is 1. The van der Waals surface area contributed by atoms with Crippen LogP contribution in [-0.2, 0) is 6.54 Å². The van der Waals surface area contributed by atoms with Gasteiger partial charge in [-0.25, -0.2) is 4.98 Å². The number of fused-ring (bicyclic) bond motifs is 2. The first-order chi connectivity index (χ1) is 11.1. The Morgan fingerprint density at radius 2 is 1.87 bits per heavy atom. The fraction of sp³-hybridized carbons (Fsp3) is 0.278. The molecule has 3 aromatic rings. The molecular weight excluding hydrogens is 312 g/mol. The van der Waals surface area contributed by atoms with Crippen LogP contribution in [0.25, 0.3) is 11.0 Å². The van der Waals surface area contributed by atoms with E-state index in [2.05, 4.69) is 35.5 Å². The van der Waals surface area contributed by atoms with E-state index in [-0.39, 0.29) is 0 Å². The summed E-state index contributed by atoms with van der Waals surface area (Å²) in [5.74, 6) is 1.50. The van der Waals surface area contributed by atoms with Crippen LogP contribution in [0.3, 0.4) is 0 Å². The maximum Gasteiger partial charge on any atom is 0.166 e. The zero-order valence-electron chi connectivity index (χ0n) is 13.1. The zero-order chi connectivity index (χ0) is 16.0. The van der Waals surface area contributed by atoms with E-state index in [1.165, 1.54) is 11.1 Å².